The summed E-state index contributed by atoms with van der Waals surface area (Å²) in [4.78, 5) is 65.6. The van der Waals surface area contributed by atoms with Gasteiger partial charge in [-0.1, -0.05) is 43.3 Å². The van der Waals surface area contributed by atoms with E-state index in [9.17, 15) is 24.0 Å². The predicted octanol–water partition coefficient (Wildman–Crippen LogP) is 6.52. The number of nitrogens with zero attached hydrogens (tertiary/aromatic N) is 1. The van der Waals surface area contributed by atoms with Crippen LogP contribution < -0.4 is 0 Å². The average molecular weight is 632 g/mol. The first kappa shape index (κ1) is 33.4. The molecule has 2 aliphatic carbocycles. The zero-order valence-corrected chi connectivity index (χ0v) is 27.6. The number of hydrogen-bond acceptors (Lipinski definition) is 8. The Morgan fingerprint density at radius 3 is 2.13 bits per heavy atom. The minimum Gasteiger partial charge on any atom is -0.457 e. The molecule has 0 spiro atoms. The van der Waals surface area contributed by atoms with Gasteiger partial charge in [-0.2, -0.15) is 0 Å². The van der Waals surface area contributed by atoms with Gasteiger partial charge in [-0.25, -0.2) is 9.59 Å². The predicted molar refractivity (Wildman–Crippen MR) is 172 cm³/mol. The molecule has 4 atom stereocenters. The van der Waals surface area contributed by atoms with Crippen LogP contribution in [0.4, 0.5) is 4.79 Å². The third-order valence-electron chi connectivity index (χ3n) is 9.37. The fourth-order valence-electron chi connectivity index (χ4n) is 6.98. The number of ketones is 2. The Balaban J connectivity index is 1.21. The minimum atomic E-state index is -0.788. The number of Topliss-reactive ketones (excluding diaryl/α,β-unsaturated/α-hetero) is 2. The molecule has 5 rings (SSSR count). The van der Waals surface area contributed by atoms with Crippen LogP contribution in [0.15, 0.2) is 36.4 Å². The lowest BCUT2D eigenvalue weighted by Crippen LogP contribution is -2.47. The molecule has 2 fully saturated rings. The molecule has 1 saturated heterocycles. The second-order valence-corrected chi connectivity index (χ2v) is 14.1. The Labute approximate surface area is 271 Å². The van der Waals surface area contributed by atoms with Crippen molar-refractivity contribution in [3.63, 3.8) is 0 Å². The third kappa shape index (κ3) is 7.51. The second-order valence-electron chi connectivity index (χ2n) is 14.1. The zero-order chi connectivity index (χ0) is 33.2. The van der Waals surface area contributed by atoms with Crippen LogP contribution in [0.25, 0.3) is 11.1 Å². The zero-order valence-electron chi connectivity index (χ0n) is 27.6. The Morgan fingerprint density at radius 1 is 0.783 bits per heavy atom. The average Bonchev–Trinajstić information content (AvgIpc) is 3.77. The third-order valence-corrected chi connectivity index (χ3v) is 9.37. The van der Waals surface area contributed by atoms with Crippen LogP contribution in [-0.4, -0.2) is 65.4 Å². The molecule has 0 bridgehead atoms. The summed E-state index contributed by atoms with van der Waals surface area (Å²) in [7, 11) is 0. The van der Waals surface area contributed by atoms with Crippen molar-refractivity contribution in [2.75, 3.05) is 13.2 Å². The van der Waals surface area contributed by atoms with Crippen molar-refractivity contribution in [3.05, 3.63) is 58.7 Å². The van der Waals surface area contributed by atoms with Gasteiger partial charge in [0.1, 0.15) is 11.6 Å². The maximum Gasteiger partial charge on any atom is 0.411 e. The summed E-state index contributed by atoms with van der Waals surface area (Å²) in [5.74, 6) is -1.01. The van der Waals surface area contributed by atoms with Gasteiger partial charge in [0.15, 0.2) is 19.0 Å². The van der Waals surface area contributed by atoms with Crippen LogP contribution in [0.5, 0.6) is 0 Å². The van der Waals surface area contributed by atoms with Crippen molar-refractivity contribution in [3.8, 4) is 11.1 Å². The fraction of sp³-hybridized carbons (Fsp3) is 0.541. The van der Waals surface area contributed by atoms with Gasteiger partial charge in [-0.3, -0.25) is 19.3 Å². The lowest BCUT2D eigenvalue weighted by molar-refractivity contribution is -0.148. The molecule has 9 heteroatoms. The summed E-state index contributed by atoms with van der Waals surface area (Å²) in [5, 5.41) is 0. The molecule has 2 aromatic carbocycles. The highest BCUT2D eigenvalue weighted by atomic mass is 16.6. The molecule has 0 unspecified atom stereocenters. The van der Waals surface area contributed by atoms with Gasteiger partial charge >= 0.3 is 18.0 Å². The van der Waals surface area contributed by atoms with E-state index in [1.54, 1.807) is 39.0 Å². The number of fused-ring (bicyclic) bond motifs is 1. The number of benzene rings is 2. The summed E-state index contributed by atoms with van der Waals surface area (Å²) < 4.78 is 16.3. The van der Waals surface area contributed by atoms with E-state index in [0.29, 0.717) is 29.9 Å². The van der Waals surface area contributed by atoms with Crippen LogP contribution >= 0.6 is 0 Å². The van der Waals surface area contributed by atoms with Crippen molar-refractivity contribution >= 4 is 29.6 Å². The highest BCUT2D eigenvalue weighted by molar-refractivity contribution is 6.01. The first-order chi connectivity index (χ1) is 21.8. The van der Waals surface area contributed by atoms with E-state index in [-0.39, 0.29) is 36.1 Å². The number of esters is 2. The van der Waals surface area contributed by atoms with Gasteiger partial charge in [0.05, 0.1) is 5.92 Å². The summed E-state index contributed by atoms with van der Waals surface area (Å²) >= 11 is 0. The largest absolute Gasteiger partial charge is 0.457 e. The van der Waals surface area contributed by atoms with Crippen LogP contribution in [0.3, 0.4) is 0 Å². The SMILES string of the molecule is C[C@H]1CC[C@@H](C(=O)OCC(=O)c2ccc(-c3ccc(C(=O)COC(=O)[C@@H]4CC[C@H](C)N4C(=O)OC(C)(C)C)c4c3CCC4)cc2)C1. The molecule has 1 saturated carbocycles. The maximum absolute atomic E-state index is 13.3. The van der Waals surface area contributed by atoms with Gasteiger partial charge in [0, 0.05) is 17.2 Å². The molecule has 9 nitrogen and oxygen atoms in total. The molecule has 1 aliphatic heterocycles. The smallest absolute Gasteiger partial charge is 0.411 e. The Hall–Kier alpha value is -4.01. The second kappa shape index (κ2) is 13.8. The van der Waals surface area contributed by atoms with Gasteiger partial charge < -0.3 is 14.2 Å². The van der Waals surface area contributed by atoms with Gasteiger partial charge in [-0.05, 0) is 107 Å². The van der Waals surface area contributed by atoms with Crippen molar-refractivity contribution in [2.24, 2.45) is 11.8 Å². The molecular weight excluding hydrogens is 586 g/mol. The van der Waals surface area contributed by atoms with E-state index in [4.69, 9.17) is 14.2 Å². The number of ether oxygens (including phenoxy) is 3. The first-order valence-electron chi connectivity index (χ1n) is 16.5. The van der Waals surface area contributed by atoms with Crippen molar-refractivity contribution in [2.45, 2.75) is 104 Å². The highest BCUT2D eigenvalue weighted by Gasteiger charge is 2.42. The van der Waals surface area contributed by atoms with Crippen LogP contribution in [0.2, 0.25) is 0 Å². The lowest BCUT2D eigenvalue weighted by Gasteiger charge is -2.30. The summed E-state index contributed by atoms with van der Waals surface area (Å²) in [6.07, 6.45) is 5.63. The highest BCUT2D eigenvalue weighted by Crippen LogP contribution is 2.36. The monoisotopic (exact) mass is 631 g/mol. The molecule has 0 radical (unpaired) electrons. The van der Waals surface area contributed by atoms with Crippen LogP contribution in [-0.2, 0) is 36.6 Å². The van der Waals surface area contributed by atoms with Crippen LogP contribution in [0, 0.1) is 11.8 Å². The molecule has 3 aliphatic rings. The number of carbonyl (C=O) groups excluding carboxylic acids is 5. The number of likely N-dealkylation sites (tertiary alicyclic amines) is 1. The molecule has 2 aromatic rings. The summed E-state index contributed by atoms with van der Waals surface area (Å²) in [6.45, 7) is 8.65. The van der Waals surface area contributed by atoms with Gasteiger partial charge in [0.2, 0.25) is 5.78 Å². The van der Waals surface area contributed by atoms with Crippen molar-refractivity contribution in [1.82, 2.24) is 4.90 Å². The van der Waals surface area contributed by atoms with E-state index in [0.717, 1.165) is 60.8 Å². The van der Waals surface area contributed by atoms with Crippen LogP contribution in [0.1, 0.15) is 105 Å². The van der Waals surface area contributed by atoms with Gasteiger partial charge in [-0.15, -0.1) is 0 Å². The summed E-state index contributed by atoms with van der Waals surface area (Å²) in [6, 6.07) is 9.97. The first-order valence-corrected chi connectivity index (χ1v) is 16.5. The van der Waals surface area contributed by atoms with E-state index >= 15 is 0 Å². The molecule has 1 heterocycles. The minimum absolute atomic E-state index is 0.111. The van der Waals surface area contributed by atoms with Gasteiger partial charge in [0.25, 0.3) is 0 Å². The lowest BCUT2D eigenvalue weighted by atomic mass is 9.91. The van der Waals surface area contributed by atoms with E-state index < -0.39 is 30.3 Å². The molecule has 0 N–H and O–H groups in total. The fourth-order valence-corrected chi connectivity index (χ4v) is 6.98. The quantitative estimate of drug-likeness (QED) is 0.175. The van der Waals surface area contributed by atoms with E-state index in [1.165, 1.54) is 4.90 Å². The van der Waals surface area contributed by atoms with E-state index in [2.05, 4.69) is 6.92 Å². The molecule has 46 heavy (non-hydrogen) atoms. The molecular formula is C37H45NO8. The molecule has 1 amide bonds. The Morgan fingerprint density at radius 2 is 1.46 bits per heavy atom. The number of carbonyl (C=O) groups is 5. The normalized spacial score (nSPS) is 22.3. The molecule has 0 aromatic heterocycles. The number of hydrogen-bond donors (Lipinski definition) is 0. The van der Waals surface area contributed by atoms with Crippen molar-refractivity contribution in [1.29, 1.82) is 0 Å². The van der Waals surface area contributed by atoms with E-state index in [1.807, 2.05) is 25.1 Å². The van der Waals surface area contributed by atoms with Crippen molar-refractivity contribution < 1.29 is 38.2 Å². The number of amides is 1. The Kier molecular flexibility index (Phi) is 9.99. The molecule has 246 valence electrons. The topological polar surface area (TPSA) is 116 Å². The Bertz CT molecular complexity index is 1500. The standard InChI is InChI=1S/C37H45NO8/c1-22-9-11-26(19-22)34(41)44-20-32(39)25-14-12-24(13-15-25)27-16-17-30(29-8-6-7-28(27)29)33(40)21-45-35(42)31-18-10-23(2)38(31)36(43)46-37(3,4)5/h12-17,22-23,26,31H,6-11,18-21H2,1-5H3/t22-,23-,26+,31-/m0/s1. The number of rotatable bonds is 9. The maximum atomic E-state index is 13.3. The summed E-state index contributed by atoms with van der Waals surface area (Å²) in [5.41, 5.74) is 4.28.